The van der Waals surface area contributed by atoms with Crippen molar-refractivity contribution in [1.29, 1.82) is 0 Å². The van der Waals surface area contributed by atoms with Gasteiger partial charge in [-0.25, -0.2) is 0 Å². The summed E-state index contributed by atoms with van der Waals surface area (Å²) in [6, 6.07) is 12.1. The van der Waals surface area contributed by atoms with Gasteiger partial charge in [0.2, 0.25) is 0 Å². The summed E-state index contributed by atoms with van der Waals surface area (Å²) in [6.45, 7) is 6.39. The van der Waals surface area contributed by atoms with Gasteiger partial charge in [0.1, 0.15) is 5.69 Å². The van der Waals surface area contributed by atoms with Crippen LogP contribution in [-0.4, -0.2) is 45.7 Å². The van der Waals surface area contributed by atoms with Crippen molar-refractivity contribution in [3.05, 3.63) is 65.7 Å². The van der Waals surface area contributed by atoms with E-state index < -0.39 is 0 Å². The molecule has 0 fully saturated rings. The summed E-state index contributed by atoms with van der Waals surface area (Å²) in [7, 11) is 0. The number of aliphatic imine (C=N–C) groups is 1. The third kappa shape index (κ3) is 5.14. The predicted molar refractivity (Wildman–Crippen MR) is 127 cm³/mol. The molecule has 0 atom stereocenters. The van der Waals surface area contributed by atoms with E-state index in [-0.39, 0.29) is 0 Å². The van der Waals surface area contributed by atoms with Crippen LogP contribution < -0.4 is 10.6 Å². The van der Waals surface area contributed by atoms with E-state index in [4.69, 9.17) is 4.52 Å². The highest BCUT2D eigenvalue weighted by Gasteiger charge is 2.10. The molecule has 0 saturated heterocycles. The van der Waals surface area contributed by atoms with Crippen LogP contribution in [0.1, 0.15) is 30.8 Å². The Balaban J connectivity index is 1.31. The number of para-hydroxylation sites is 1. The second-order valence-corrected chi connectivity index (χ2v) is 7.43. The molecule has 0 aliphatic rings. The largest absolute Gasteiger partial charge is 0.361 e. The molecule has 3 aromatic heterocycles. The van der Waals surface area contributed by atoms with Gasteiger partial charge in [0.15, 0.2) is 11.8 Å². The zero-order valence-electron chi connectivity index (χ0n) is 18.6. The van der Waals surface area contributed by atoms with Crippen LogP contribution in [0.5, 0.6) is 0 Å². The molecular formula is C24H29N7O. The monoisotopic (exact) mass is 431 g/mol. The average molecular weight is 432 g/mol. The molecule has 8 heteroatoms. The van der Waals surface area contributed by atoms with Crippen LogP contribution in [0.25, 0.3) is 22.5 Å². The molecule has 0 aliphatic heterocycles. The molecule has 0 spiro atoms. The van der Waals surface area contributed by atoms with Gasteiger partial charge >= 0.3 is 0 Å². The van der Waals surface area contributed by atoms with Crippen molar-refractivity contribution in [1.82, 2.24) is 30.7 Å². The first-order valence-corrected chi connectivity index (χ1v) is 11.1. The fourth-order valence-electron chi connectivity index (χ4n) is 3.65. The average Bonchev–Trinajstić information content (AvgIpc) is 3.47. The van der Waals surface area contributed by atoms with E-state index in [1.54, 1.807) is 6.20 Å². The van der Waals surface area contributed by atoms with Crippen LogP contribution in [0.4, 0.5) is 0 Å². The van der Waals surface area contributed by atoms with Gasteiger partial charge in [0.25, 0.3) is 5.89 Å². The molecular weight excluding hydrogens is 402 g/mol. The summed E-state index contributed by atoms with van der Waals surface area (Å²) < 4.78 is 5.31. The Labute approximate surface area is 187 Å². The number of H-pyrrole nitrogens is 1. The topological polar surface area (TPSA) is 104 Å². The van der Waals surface area contributed by atoms with Crippen molar-refractivity contribution < 1.29 is 4.52 Å². The highest BCUT2D eigenvalue weighted by molar-refractivity contribution is 5.86. The lowest BCUT2D eigenvalue weighted by Gasteiger charge is -2.11. The summed E-state index contributed by atoms with van der Waals surface area (Å²) in [5, 5.41) is 12.0. The fraction of sp³-hybridized carbons (Fsp3) is 0.333. The maximum atomic E-state index is 5.31. The molecule has 1 aromatic carbocycles. The predicted octanol–water partition coefficient (Wildman–Crippen LogP) is 3.52. The lowest BCUT2D eigenvalue weighted by atomic mass is 10.1. The first-order chi connectivity index (χ1) is 15.8. The quantitative estimate of drug-likeness (QED) is 0.277. The summed E-state index contributed by atoms with van der Waals surface area (Å²) in [4.78, 5) is 16.7. The van der Waals surface area contributed by atoms with Crippen molar-refractivity contribution in [3.8, 4) is 11.6 Å². The molecule has 0 unspecified atom stereocenters. The van der Waals surface area contributed by atoms with E-state index in [1.807, 2.05) is 18.2 Å². The number of hydrogen-bond acceptors (Lipinski definition) is 5. The number of guanidine groups is 1. The minimum atomic E-state index is 0.430. The maximum absolute atomic E-state index is 5.31. The molecule has 0 bridgehead atoms. The molecule has 4 rings (SSSR count). The van der Waals surface area contributed by atoms with Gasteiger partial charge in [-0.15, -0.1) is 0 Å². The molecule has 4 aromatic rings. The first kappa shape index (κ1) is 21.5. The van der Waals surface area contributed by atoms with E-state index in [9.17, 15) is 0 Å². The number of aromatic nitrogens is 4. The maximum Gasteiger partial charge on any atom is 0.276 e. The van der Waals surface area contributed by atoms with Crippen LogP contribution in [0.3, 0.4) is 0 Å². The number of pyridine rings is 1. The minimum absolute atomic E-state index is 0.430. The molecule has 0 amide bonds. The van der Waals surface area contributed by atoms with Gasteiger partial charge in [0, 0.05) is 49.4 Å². The molecule has 0 saturated carbocycles. The summed E-state index contributed by atoms with van der Waals surface area (Å²) in [5.74, 6) is 1.84. The van der Waals surface area contributed by atoms with Crippen molar-refractivity contribution in [2.45, 2.75) is 33.1 Å². The Morgan fingerprint density at radius 2 is 2.00 bits per heavy atom. The lowest BCUT2D eigenvalue weighted by molar-refractivity contribution is 0.421. The number of nitrogens with zero attached hydrogens (tertiary/aromatic N) is 4. The van der Waals surface area contributed by atoms with Gasteiger partial charge < -0.3 is 20.1 Å². The molecule has 32 heavy (non-hydrogen) atoms. The zero-order chi connectivity index (χ0) is 22.2. The second-order valence-electron chi connectivity index (χ2n) is 7.43. The third-order valence-corrected chi connectivity index (χ3v) is 5.26. The highest BCUT2D eigenvalue weighted by Crippen LogP contribution is 2.22. The van der Waals surface area contributed by atoms with Crippen molar-refractivity contribution >= 4 is 16.9 Å². The van der Waals surface area contributed by atoms with Gasteiger partial charge in [0.05, 0.1) is 0 Å². The lowest BCUT2D eigenvalue weighted by Crippen LogP contribution is -2.38. The highest BCUT2D eigenvalue weighted by atomic mass is 16.5. The molecule has 0 radical (unpaired) electrons. The van der Waals surface area contributed by atoms with Gasteiger partial charge in [-0.2, -0.15) is 4.98 Å². The fourth-order valence-corrected chi connectivity index (χ4v) is 3.65. The zero-order valence-corrected chi connectivity index (χ0v) is 18.6. The number of rotatable bonds is 9. The molecule has 0 aliphatic carbocycles. The number of hydrogen-bond donors (Lipinski definition) is 3. The molecule has 8 nitrogen and oxygen atoms in total. The van der Waals surface area contributed by atoms with Crippen LogP contribution in [0, 0.1) is 0 Å². The van der Waals surface area contributed by atoms with Gasteiger partial charge in [-0.3, -0.25) is 9.98 Å². The van der Waals surface area contributed by atoms with E-state index in [1.165, 1.54) is 22.0 Å². The van der Waals surface area contributed by atoms with E-state index >= 15 is 0 Å². The van der Waals surface area contributed by atoms with Crippen molar-refractivity contribution in [3.63, 3.8) is 0 Å². The van der Waals surface area contributed by atoms with Crippen LogP contribution in [-0.2, 0) is 19.3 Å². The Bertz CT molecular complexity index is 1160. The summed E-state index contributed by atoms with van der Waals surface area (Å²) >= 11 is 0. The number of nitrogens with one attached hydrogen (secondary N) is 3. The molecule has 3 N–H and O–H groups in total. The molecule has 3 heterocycles. The Morgan fingerprint density at radius 3 is 2.81 bits per heavy atom. The third-order valence-electron chi connectivity index (χ3n) is 5.26. The van der Waals surface area contributed by atoms with Crippen molar-refractivity contribution in [2.24, 2.45) is 4.99 Å². The smallest absolute Gasteiger partial charge is 0.276 e. The van der Waals surface area contributed by atoms with Crippen LogP contribution >= 0.6 is 0 Å². The van der Waals surface area contributed by atoms with Crippen LogP contribution in [0.15, 0.2) is 58.3 Å². The summed E-state index contributed by atoms with van der Waals surface area (Å²) in [5.41, 5.74) is 4.58. The normalized spacial score (nSPS) is 11.8. The number of fused-ring (bicyclic) bond motifs is 1. The number of benzene rings is 1. The van der Waals surface area contributed by atoms with Crippen LogP contribution in [0.2, 0.25) is 0 Å². The summed E-state index contributed by atoms with van der Waals surface area (Å²) in [6.07, 6.45) is 6.35. The molecule has 166 valence electrons. The number of aryl methyl sites for hydroxylation is 1. The standard InChI is InChI=1S/C24H29N7O/c1-3-17-8-7-9-19-18(16-29-22(17)19)11-14-27-24(25-4-2)28-15-12-21-30-23(32-31-21)20-10-5-6-13-26-20/h5-10,13,16,29H,3-4,11-12,14-15H2,1-2H3,(H2,25,27,28). The number of aromatic amines is 1. The van der Waals surface area contributed by atoms with E-state index in [0.29, 0.717) is 30.4 Å². The Morgan fingerprint density at radius 1 is 1.06 bits per heavy atom. The second kappa shape index (κ2) is 10.6. The SMILES string of the molecule is CCNC(=NCCc1noc(-c2ccccn2)n1)NCCc1c[nH]c2c(CC)cccc12. The van der Waals surface area contributed by atoms with E-state index in [2.05, 4.69) is 74.0 Å². The minimum Gasteiger partial charge on any atom is -0.361 e. The first-order valence-electron chi connectivity index (χ1n) is 11.1. The van der Waals surface area contributed by atoms with Crippen molar-refractivity contribution in [2.75, 3.05) is 19.6 Å². The van der Waals surface area contributed by atoms with Gasteiger partial charge in [-0.1, -0.05) is 36.3 Å². The van der Waals surface area contributed by atoms with E-state index in [0.717, 1.165) is 31.9 Å². The van der Waals surface area contributed by atoms with Gasteiger partial charge in [-0.05, 0) is 43.0 Å². The Hall–Kier alpha value is -3.68. The Kier molecular flexibility index (Phi) is 7.12.